The Balaban J connectivity index is 2.33. The van der Waals surface area contributed by atoms with Crippen molar-refractivity contribution in [3.63, 3.8) is 0 Å². The molecule has 5 heteroatoms. The SMILES string of the molecule is CC1=NN(c2ccc(Cl)cc2)C(=O)/C1=C/N(C)C. The first-order valence-corrected chi connectivity index (χ1v) is 5.90. The summed E-state index contributed by atoms with van der Waals surface area (Å²) in [4.78, 5) is 14.1. The van der Waals surface area contributed by atoms with E-state index in [4.69, 9.17) is 11.6 Å². The minimum atomic E-state index is -0.122. The minimum absolute atomic E-state index is 0.122. The molecule has 1 amide bonds. The van der Waals surface area contributed by atoms with Gasteiger partial charge in [0.1, 0.15) is 0 Å². The Hall–Kier alpha value is -1.81. The highest BCUT2D eigenvalue weighted by molar-refractivity contribution is 6.31. The van der Waals surface area contributed by atoms with Gasteiger partial charge in [-0.2, -0.15) is 10.1 Å². The molecule has 1 aliphatic rings. The standard InChI is InChI=1S/C13H14ClN3O/c1-9-12(8-16(2)3)13(18)17(15-9)11-6-4-10(14)5-7-11/h4-8H,1-3H3/b12-8+. The minimum Gasteiger partial charge on any atom is -0.383 e. The first kappa shape index (κ1) is 12.6. The summed E-state index contributed by atoms with van der Waals surface area (Å²) in [6.45, 7) is 1.82. The van der Waals surface area contributed by atoms with Gasteiger partial charge in [-0.25, -0.2) is 0 Å². The van der Waals surface area contributed by atoms with E-state index in [2.05, 4.69) is 5.10 Å². The van der Waals surface area contributed by atoms with Crippen molar-refractivity contribution in [1.82, 2.24) is 4.90 Å². The van der Waals surface area contributed by atoms with Gasteiger partial charge in [-0.15, -0.1) is 0 Å². The van der Waals surface area contributed by atoms with Crippen LogP contribution in [0.1, 0.15) is 6.92 Å². The second-order valence-corrected chi connectivity index (χ2v) is 4.72. The summed E-state index contributed by atoms with van der Waals surface area (Å²) in [5, 5.41) is 6.29. The first-order valence-electron chi connectivity index (χ1n) is 5.53. The van der Waals surface area contributed by atoms with Gasteiger partial charge in [0.15, 0.2) is 0 Å². The summed E-state index contributed by atoms with van der Waals surface area (Å²) in [5.41, 5.74) is 2.03. The van der Waals surface area contributed by atoms with Gasteiger partial charge < -0.3 is 4.90 Å². The molecule has 0 aliphatic carbocycles. The Labute approximate surface area is 111 Å². The van der Waals surface area contributed by atoms with Crippen LogP contribution in [0.15, 0.2) is 41.1 Å². The molecule has 1 aromatic rings. The Bertz CT molecular complexity index is 532. The summed E-state index contributed by atoms with van der Waals surface area (Å²) in [6.07, 6.45) is 1.77. The summed E-state index contributed by atoms with van der Waals surface area (Å²) in [5.74, 6) is -0.122. The molecule has 0 spiro atoms. The molecule has 1 aliphatic heterocycles. The number of halogens is 1. The lowest BCUT2D eigenvalue weighted by atomic mass is 10.2. The van der Waals surface area contributed by atoms with Crippen molar-refractivity contribution in [2.45, 2.75) is 6.92 Å². The van der Waals surface area contributed by atoms with Crippen molar-refractivity contribution in [2.24, 2.45) is 5.10 Å². The quantitative estimate of drug-likeness (QED) is 0.769. The van der Waals surface area contributed by atoms with E-state index in [0.717, 1.165) is 0 Å². The molecule has 94 valence electrons. The van der Waals surface area contributed by atoms with Crippen molar-refractivity contribution < 1.29 is 4.79 Å². The zero-order valence-corrected chi connectivity index (χ0v) is 11.3. The molecule has 1 aromatic carbocycles. The fraction of sp³-hybridized carbons (Fsp3) is 0.231. The molecule has 0 N–H and O–H groups in total. The lowest BCUT2D eigenvalue weighted by molar-refractivity contribution is -0.114. The Morgan fingerprint density at radius 3 is 2.44 bits per heavy atom. The predicted molar refractivity (Wildman–Crippen MR) is 73.8 cm³/mol. The number of rotatable bonds is 2. The maximum Gasteiger partial charge on any atom is 0.282 e. The molecule has 0 aromatic heterocycles. The van der Waals surface area contributed by atoms with Gasteiger partial charge in [0, 0.05) is 25.3 Å². The number of nitrogens with zero attached hydrogens (tertiary/aromatic N) is 3. The summed E-state index contributed by atoms with van der Waals surface area (Å²) in [7, 11) is 3.75. The van der Waals surface area contributed by atoms with Crippen molar-refractivity contribution in [3.05, 3.63) is 41.1 Å². The van der Waals surface area contributed by atoms with Gasteiger partial charge in [-0.05, 0) is 31.2 Å². The van der Waals surface area contributed by atoms with Crippen LogP contribution in [0.5, 0.6) is 0 Å². The largest absolute Gasteiger partial charge is 0.383 e. The third kappa shape index (κ3) is 2.38. The van der Waals surface area contributed by atoms with E-state index in [1.54, 1.807) is 30.5 Å². The second-order valence-electron chi connectivity index (χ2n) is 4.29. The van der Waals surface area contributed by atoms with E-state index in [0.29, 0.717) is 22.0 Å². The van der Waals surface area contributed by atoms with Gasteiger partial charge in [-0.1, -0.05) is 11.6 Å². The van der Waals surface area contributed by atoms with Gasteiger partial charge in [0.05, 0.1) is 17.0 Å². The lowest BCUT2D eigenvalue weighted by Crippen LogP contribution is -2.22. The highest BCUT2D eigenvalue weighted by Gasteiger charge is 2.28. The molecule has 4 nitrogen and oxygen atoms in total. The molecule has 0 fully saturated rings. The smallest absolute Gasteiger partial charge is 0.282 e. The first-order chi connectivity index (χ1) is 8.49. The molecule has 0 saturated carbocycles. The lowest BCUT2D eigenvalue weighted by Gasteiger charge is -2.12. The third-order valence-corrected chi connectivity index (χ3v) is 2.77. The van der Waals surface area contributed by atoms with Crippen LogP contribution in [0.4, 0.5) is 5.69 Å². The van der Waals surface area contributed by atoms with Crippen LogP contribution < -0.4 is 5.01 Å². The van der Waals surface area contributed by atoms with E-state index in [9.17, 15) is 4.79 Å². The van der Waals surface area contributed by atoms with E-state index in [1.807, 2.05) is 25.9 Å². The fourth-order valence-corrected chi connectivity index (χ4v) is 1.81. The average Bonchev–Trinajstić information content (AvgIpc) is 2.58. The molecule has 0 bridgehead atoms. The molecule has 0 unspecified atom stereocenters. The van der Waals surface area contributed by atoms with Crippen LogP contribution in [0.2, 0.25) is 5.02 Å². The Kier molecular flexibility index (Phi) is 3.39. The number of carbonyl (C=O) groups excluding carboxylic acids is 1. The number of hydrazone groups is 1. The van der Waals surface area contributed by atoms with Gasteiger partial charge in [-0.3, -0.25) is 4.79 Å². The normalized spacial score (nSPS) is 17.3. The van der Waals surface area contributed by atoms with Crippen LogP contribution in [0.25, 0.3) is 0 Å². The molecular weight excluding hydrogens is 250 g/mol. The Morgan fingerprint density at radius 2 is 1.89 bits per heavy atom. The molecule has 0 saturated heterocycles. The van der Waals surface area contributed by atoms with Crippen molar-refractivity contribution >= 4 is 28.9 Å². The fourth-order valence-electron chi connectivity index (χ4n) is 1.68. The van der Waals surface area contributed by atoms with E-state index in [-0.39, 0.29) is 5.91 Å². The number of benzene rings is 1. The second kappa shape index (κ2) is 4.82. The number of carbonyl (C=O) groups is 1. The van der Waals surface area contributed by atoms with Crippen molar-refractivity contribution in [1.29, 1.82) is 0 Å². The maximum atomic E-state index is 12.2. The third-order valence-electron chi connectivity index (χ3n) is 2.52. The number of anilines is 1. The topological polar surface area (TPSA) is 35.9 Å². The maximum absolute atomic E-state index is 12.2. The zero-order valence-electron chi connectivity index (χ0n) is 10.5. The predicted octanol–water partition coefficient (Wildman–Crippen LogP) is 2.51. The number of hydrogen-bond acceptors (Lipinski definition) is 3. The van der Waals surface area contributed by atoms with Crippen LogP contribution in [-0.2, 0) is 4.79 Å². The highest BCUT2D eigenvalue weighted by Crippen LogP contribution is 2.24. The van der Waals surface area contributed by atoms with Crippen LogP contribution in [0, 0.1) is 0 Å². The molecule has 0 atom stereocenters. The van der Waals surface area contributed by atoms with Crippen LogP contribution in [0.3, 0.4) is 0 Å². The summed E-state index contributed by atoms with van der Waals surface area (Å²) < 4.78 is 0. The van der Waals surface area contributed by atoms with Crippen LogP contribution >= 0.6 is 11.6 Å². The van der Waals surface area contributed by atoms with Crippen molar-refractivity contribution in [2.75, 3.05) is 19.1 Å². The molecule has 1 heterocycles. The molecule has 18 heavy (non-hydrogen) atoms. The van der Waals surface area contributed by atoms with Gasteiger partial charge >= 0.3 is 0 Å². The monoisotopic (exact) mass is 263 g/mol. The van der Waals surface area contributed by atoms with Crippen LogP contribution in [-0.4, -0.2) is 30.6 Å². The average molecular weight is 264 g/mol. The van der Waals surface area contributed by atoms with E-state index >= 15 is 0 Å². The van der Waals surface area contributed by atoms with Gasteiger partial charge in [0.25, 0.3) is 5.91 Å². The van der Waals surface area contributed by atoms with Gasteiger partial charge in [0.2, 0.25) is 0 Å². The molecular formula is C13H14ClN3O. The number of amides is 1. The Morgan fingerprint density at radius 1 is 1.28 bits per heavy atom. The summed E-state index contributed by atoms with van der Waals surface area (Å²) >= 11 is 5.82. The molecule has 2 rings (SSSR count). The van der Waals surface area contributed by atoms with E-state index in [1.165, 1.54) is 5.01 Å². The number of hydrogen-bond donors (Lipinski definition) is 0. The van der Waals surface area contributed by atoms with Crippen molar-refractivity contribution in [3.8, 4) is 0 Å². The molecule has 0 radical (unpaired) electrons. The highest BCUT2D eigenvalue weighted by atomic mass is 35.5. The van der Waals surface area contributed by atoms with E-state index < -0.39 is 0 Å². The summed E-state index contributed by atoms with van der Waals surface area (Å²) in [6, 6.07) is 7.02. The zero-order chi connectivity index (χ0) is 13.3.